The van der Waals surface area contributed by atoms with Gasteiger partial charge in [-0.3, -0.25) is 4.90 Å². The van der Waals surface area contributed by atoms with Gasteiger partial charge in [0, 0.05) is 18.1 Å². The molecular weight excluding hydrogens is 295 g/mol. The van der Waals surface area contributed by atoms with Crippen LogP contribution >= 0.6 is 15.9 Å². The molecule has 1 atom stereocenters. The summed E-state index contributed by atoms with van der Waals surface area (Å²) in [6, 6.07) is 5.36. The van der Waals surface area contributed by atoms with Crippen molar-refractivity contribution < 1.29 is 4.39 Å². The molecule has 1 aromatic carbocycles. The van der Waals surface area contributed by atoms with Gasteiger partial charge >= 0.3 is 0 Å². The molecule has 2 N–H and O–H groups in total. The Kier molecular flexibility index (Phi) is 4.09. The smallest absolute Gasteiger partial charge is 0.137 e. The van der Waals surface area contributed by atoms with E-state index in [0.29, 0.717) is 11.0 Å². The quantitative estimate of drug-likeness (QED) is 0.925. The maximum absolute atomic E-state index is 13.3. The Morgan fingerprint density at radius 2 is 2.22 bits per heavy atom. The Bertz CT molecular complexity index is 434. The lowest BCUT2D eigenvalue weighted by Crippen LogP contribution is -2.43. The van der Waals surface area contributed by atoms with Crippen LogP contribution in [-0.4, -0.2) is 23.5 Å². The highest BCUT2D eigenvalue weighted by Crippen LogP contribution is 2.36. The predicted molar refractivity (Wildman–Crippen MR) is 75.9 cm³/mol. The summed E-state index contributed by atoms with van der Waals surface area (Å²) < 4.78 is 13.8. The van der Waals surface area contributed by atoms with Crippen LogP contribution in [0.25, 0.3) is 0 Å². The van der Waals surface area contributed by atoms with Crippen LogP contribution in [0.15, 0.2) is 22.7 Å². The predicted octanol–water partition coefficient (Wildman–Crippen LogP) is 3.46. The van der Waals surface area contributed by atoms with Gasteiger partial charge in [0.1, 0.15) is 5.82 Å². The van der Waals surface area contributed by atoms with Gasteiger partial charge in [-0.15, -0.1) is 0 Å². The van der Waals surface area contributed by atoms with E-state index in [9.17, 15) is 4.39 Å². The van der Waals surface area contributed by atoms with Crippen molar-refractivity contribution in [3.05, 3.63) is 34.1 Å². The minimum absolute atomic E-state index is 0.166. The summed E-state index contributed by atoms with van der Waals surface area (Å²) >= 11 is 3.25. The summed E-state index contributed by atoms with van der Waals surface area (Å²) in [4.78, 5) is 2.44. The zero-order valence-electron chi connectivity index (χ0n) is 10.9. The first-order valence-electron chi connectivity index (χ1n) is 6.37. The van der Waals surface area contributed by atoms with Gasteiger partial charge in [-0.1, -0.05) is 6.07 Å². The topological polar surface area (TPSA) is 29.3 Å². The van der Waals surface area contributed by atoms with Crippen molar-refractivity contribution in [3.8, 4) is 0 Å². The summed E-state index contributed by atoms with van der Waals surface area (Å²) in [5.41, 5.74) is 7.20. The van der Waals surface area contributed by atoms with Crippen molar-refractivity contribution in [2.45, 2.75) is 38.3 Å². The molecule has 1 aromatic rings. The van der Waals surface area contributed by atoms with Crippen LogP contribution in [0.3, 0.4) is 0 Å². The molecule has 0 aliphatic carbocycles. The normalized spacial score (nSPS) is 21.2. The lowest BCUT2D eigenvalue weighted by Gasteiger charge is -2.38. The molecule has 1 aliphatic heterocycles. The lowest BCUT2D eigenvalue weighted by molar-refractivity contribution is 0.119. The van der Waals surface area contributed by atoms with E-state index in [1.165, 1.54) is 18.9 Å². The molecule has 100 valence electrons. The van der Waals surface area contributed by atoms with Gasteiger partial charge in [-0.2, -0.15) is 0 Å². The molecule has 4 heteroatoms. The van der Waals surface area contributed by atoms with Gasteiger partial charge in [0.15, 0.2) is 0 Å². The van der Waals surface area contributed by atoms with Gasteiger partial charge < -0.3 is 5.73 Å². The molecule has 18 heavy (non-hydrogen) atoms. The SMILES string of the molecule is CC1(C)CCCN1C(CN)c1ccc(F)c(Br)c1. The van der Waals surface area contributed by atoms with E-state index in [2.05, 4.69) is 34.7 Å². The first-order valence-corrected chi connectivity index (χ1v) is 7.17. The summed E-state index contributed by atoms with van der Waals surface area (Å²) in [5, 5.41) is 0. The number of hydrogen-bond donors (Lipinski definition) is 1. The minimum Gasteiger partial charge on any atom is -0.329 e. The Labute approximate surface area is 116 Å². The van der Waals surface area contributed by atoms with E-state index in [0.717, 1.165) is 12.1 Å². The van der Waals surface area contributed by atoms with Crippen molar-refractivity contribution in [2.24, 2.45) is 5.73 Å². The second kappa shape index (κ2) is 5.27. The average molecular weight is 315 g/mol. The summed E-state index contributed by atoms with van der Waals surface area (Å²) in [6.45, 7) is 6.12. The van der Waals surface area contributed by atoms with Crippen LogP contribution < -0.4 is 5.73 Å². The van der Waals surface area contributed by atoms with Crippen LogP contribution in [0.5, 0.6) is 0 Å². The number of hydrogen-bond acceptors (Lipinski definition) is 2. The van der Waals surface area contributed by atoms with Gasteiger partial charge in [-0.25, -0.2) is 4.39 Å². The summed E-state index contributed by atoms with van der Waals surface area (Å²) in [7, 11) is 0. The molecule has 0 bridgehead atoms. The maximum Gasteiger partial charge on any atom is 0.137 e. The Morgan fingerprint density at radius 3 is 2.72 bits per heavy atom. The summed E-state index contributed by atoms with van der Waals surface area (Å²) in [6.07, 6.45) is 2.39. The molecule has 1 fully saturated rings. The van der Waals surface area contributed by atoms with E-state index in [1.54, 1.807) is 0 Å². The fraction of sp³-hybridized carbons (Fsp3) is 0.571. The zero-order chi connectivity index (χ0) is 13.3. The van der Waals surface area contributed by atoms with Crippen molar-refractivity contribution in [1.82, 2.24) is 4.90 Å². The molecule has 0 radical (unpaired) electrons. The van der Waals surface area contributed by atoms with E-state index in [-0.39, 0.29) is 17.4 Å². The van der Waals surface area contributed by atoms with Crippen molar-refractivity contribution in [2.75, 3.05) is 13.1 Å². The fourth-order valence-electron chi connectivity index (χ4n) is 2.87. The van der Waals surface area contributed by atoms with Crippen LogP contribution in [-0.2, 0) is 0 Å². The van der Waals surface area contributed by atoms with Crippen LogP contribution in [0.4, 0.5) is 4.39 Å². The van der Waals surface area contributed by atoms with Gasteiger partial charge in [0.2, 0.25) is 0 Å². The number of likely N-dealkylation sites (tertiary alicyclic amines) is 1. The highest BCUT2D eigenvalue weighted by Gasteiger charge is 2.36. The van der Waals surface area contributed by atoms with Crippen molar-refractivity contribution in [1.29, 1.82) is 0 Å². The molecule has 0 spiro atoms. The first-order chi connectivity index (χ1) is 8.45. The monoisotopic (exact) mass is 314 g/mol. The van der Waals surface area contributed by atoms with Gasteiger partial charge in [0.05, 0.1) is 4.47 Å². The molecule has 1 heterocycles. The lowest BCUT2D eigenvalue weighted by atomic mass is 9.97. The number of halogens is 2. The van der Waals surface area contributed by atoms with Gasteiger partial charge in [-0.05, 0) is 66.9 Å². The number of rotatable bonds is 3. The largest absolute Gasteiger partial charge is 0.329 e. The first kappa shape index (κ1) is 14.0. The third kappa shape index (κ3) is 2.60. The number of nitrogens with two attached hydrogens (primary N) is 1. The van der Waals surface area contributed by atoms with Crippen LogP contribution in [0.2, 0.25) is 0 Å². The number of benzene rings is 1. The van der Waals surface area contributed by atoms with E-state index >= 15 is 0 Å². The van der Waals surface area contributed by atoms with E-state index in [4.69, 9.17) is 5.73 Å². The molecule has 0 aromatic heterocycles. The van der Waals surface area contributed by atoms with Crippen LogP contribution in [0, 0.1) is 5.82 Å². The average Bonchev–Trinajstić information content (AvgIpc) is 2.65. The third-order valence-corrected chi connectivity index (χ3v) is 4.50. The fourth-order valence-corrected chi connectivity index (χ4v) is 3.27. The summed E-state index contributed by atoms with van der Waals surface area (Å²) in [5.74, 6) is -0.227. The maximum atomic E-state index is 13.3. The molecule has 2 rings (SSSR count). The van der Waals surface area contributed by atoms with E-state index < -0.39 is 0 Å². The van der Waals surface area contributed by atoms with Crippen molar-refractivity contribution in [3.63, 3.8) is 0 Å². The molecule has 1 aliphatic rings. The standard InChI is InChI=1S/C14H20BrFN2/c1-14(2)6-3-7-18(14)13(9-17)10-4-5-12(16)11(15)8-10/h4-5,8,13H,3,6-7,9,17H2,1-2H3. The highest BCUT2D eigenvalue weighted by atomic mass is 79.9. The van der Waals surface area contributed by atoms with Gasteiger partial charge in [0.25, 0.3) is 0 Å². The molecule has 0 amide bonds. The minimum atomic E-state index is -0.227. The van der Waals surface area contributed by atoms with Crippen molar-refractivity contribution >= 4 is 15.9 Å². The molecule has 1 unspecified atom stereocenters. The molecular formula is C14H20BrFN2. The van der Waals surface area contributed by atoms with E-state index in [1.807, 2.05) is 12.1 Å². The zero-order valence-corrected chi connectivity index (χ0v) is 12.5. The highest BCUT2D eigenvalue weighted by molar-refractivity contribution is 9.10. The molecule has 2 nitrogen and oxygen atoms in total. The van der Waals surface area contributed by atoms with Crippen LogP contribution in [0.1, 0.15) is 38.3 Å². The third-order valence-electron chi connectivity index (χ3n) is 3.89. The second-order valence-electron chi connectivity index (χ2n) is 5.53. The number of nitrogens with zero attached hydrogens (tertiary/aromatic N) is 1. The Balaban J connectivity index is 2.30. The Morgan fingerprint density at radius 1 is 1.50 bits per heavy atom. The molecule has 1 saturated heterocycles. The molecule has 0 saturated carbocycles. The Hall–Kier alpha value is -0.450. The second-order valence-corrected chi connectivity index (χ2v) is 6.39.